The maximum Gasteiger partial charge on any atom is 0.135 e. The highest BCUT2D eigenvalue weighted by Gasteiger charge is 2.20. The van der Waals surface area contributed by atoms with Crippen LogP contribution < -0.4 is 5.32 Å². The molecule has 0 amide bonds. The molecule has 0 saturated heterocycles. The van der Waals surface area contributed by atoms with E-state index in [1.165, 1.54) is 12.8 Å². The Labute approximate surface area is 93.2 Å². The number of hydrogen-bond donors (Lipinski definition) is 1. The summed E-state index contributed by atoms with van der Waals surface area (Å²) in [5, 5.41) is 5.18. The molecule has 15 heavy (non-hydrogen) atoms. The Morgan fingerprint density at radius 2 is 2.27 bits per heavy atom. The van der Waals surface area contributed by atoms with Crippen LogP contribution >= 0.6 is 11.6 Å². The smallest absolute Gasteiger partial charge is 0.135 e. The van der Waals surface area contributed by atoms with Crippen molar-refractivity contribution in [1.82, 2.24) is 5.32 Å². The first-order valence-corrected chi connectivity index (χ1v) is 5.61. The summed E-state index contributed by atoms with van der Waals surface area (Å²) in [6, 6.07) is 8.47. The average molecular weight is 222 g/mol. The Balaban J connectivity index is 1.88. The van der Waals surface area contributed by atoms with Gasteiger partial charge in [-0.3, -0.25) is 0 Å². The second-order valence-electron chi connectivity index (χ2n) is 4.02. The number of fused-ring (bicyclic) bond motifs is 1. The molecule has 0 spiro atoms. The van der Waals surface area contributed by atoms with Gasteiger partial charge >= 0.3 is 0 Å². The van der Waals surface area contributed by atoms with Crippen molar-refractivity contribution in [2.45, 2.75) is 25.4 Å². The first kappa shape index (κ1) is 9.25. The minimum absolute atomic E-state index is 0.702. The van der Waals surface area contributed by atoms with Crippen LogP contribution in [0.15, 0.2) is 28.7 Å². The molecule has 0 radical (unpaired) electrons. The second-order valence-corrected chi connectivity index (χ2v) is 4.43. The van der Waals surface area contributed by atoms with E-state index in [1.807, 2.05) is 24.3 Å². The maximum atomic E-state index is 6.07. The average Bonchev–Trinajstić information content (AvgIpc) is 2.95. The summed E-state index contributed by atoms with van der Waals surface area (Å²) in [5.74, 6) is 0.963. The molecule has 1 aromatic heterocycles. The maximum absolute atomic E-state index is 6.07. The van der Waals surface area contributed by atoms with Crippen molar-refractivity contribution >= 4 is 22.6 Å². The van der Waals surface area contributed by atoms with Crippen LogP contribution in [0.25, 0.3) is 11.0 Å². The van der Waals surface area contributed by atoms with Gasteiger partial charge in [0.1, 0.15) is 11.3 Å². The number of halogens is 1. The molecule has 78 valence electrons. The topological polar surface area (TPSA) is 25.2 Å². The Morgan fingerprint density at radius 1 is 1.40 bits per heavy atom. The van der Waals surface area contributed by atoms with Crippen LogP contribution in [-0.4, -0.2) is 6.04 Å². The quantitative estimate of drug-likeness (QED) is 0.860. The highest BCUT2D eigenvalue weighted by atomic mass is 35.5. The van der Waals surface area contributed by atoms with E-state index in [2.05, 4.69) is 5.32 Å². The fourth-order valence-electron chi connectivity index (χ4n) is 1.70. The molecular formula is C12H12ClNO. The van der Waals surface area contributed by atoms with Gasteiger partial charge in [0.2, 0.25) is 0 Å². The first-order chi connectivity index (χ1) is 7.33. The van der Waals surface area contributed by atoms with Gasteiger partial charge in [-0.1, -0.05) is 17.7 Å². The molecule has 0 atom stereocenters. The summed E-state index contributed by atoms with van der Waals surface area (Å²) < 4.78 is 5.68. The molecule has 0 aliphatic heterocycles. The van der Waals surface area contributed by atoms with Crippen LogP contribution in [0.3, 0.4) is 0 Å². The molecular weight excluding hydrogens is 210 g/mol. The summed E-state index contributed by atoms with van der Waals surface area (Å²) in [6.45, 7) is 0.801. The minimum Gasteiger partial charge on any atom is -0.460 e. The predicted octanol–water partition coefficient (Wildman–Crippen LogP) is 3.34. The van der Waals surface area contributed by atoms with Crippen molar-refractivity contribution in [3.8, 4) is 0 Å². The van der Waals surface area contributed by atoms with E-state index in [0.717, 1.165) is 28.3 Å². The molecule has 2 nitrogen and oxygen atoms in total. The molecule has 0 unspecified atom stereocenters. The van der Waals surface area contributed by atoms with Gasteiger partial charge in [0, 0.05) is 11.4 Å². The van der Waals surface area contributed by atoms with Crippen LogP contribution in [0.5, 0.6) is 0 Å². The van der Waals surface area contributed by atoms with Crippen molar-refractivity contribution in [1.29, 1.82) is 0 Å². The molecule has 2 aromatic rings. The largest absolute Gasteiger partial charge is 0.460 e. The zero-order chi connectivity index (χ0) is 10.3. The van der Waals surface area contributed by atoms with Crippen molar-refractivity contribution < 1.29 is 4.42 Å². The molecule has 1 aliphatic carbocycles. The summed E-state index contributed by atoms with van der Waals surface area (Å²) in [5.41, 5.74) is 0.870. The van der Waals surface area contributed by atoms with Crippen molar-refractivity contribution in [2.75, 3.05) is 0 Å². The Hall–Kier alpha value is -0.990. The summed E-state index contributed by atoms with van der Waals surface area (Å²) >= 11 is 6.07. The lowest BCUT2D eigenvalue weighted by Crippen LogP contribution is -2.14. The van der Waals surface area contributed by atoms with Gasteiger partial charge in [-0.15, -0.1) is 0 Å². The lowest BCUT2D eigenvalue weighted by Gasteiger charge is -1.96. The lowest BCUT2D eigenvalue weighted by molar-refractivity contribution is 0.512. The van der Waals surface area contributed by atoms with Gasteiger partial charge in [0.25, 0.3) is 0 Å². The van der Waals surface area contributed by atoms with E-state index in [0.29, 0.717) is 6.04 Å². The normalized spacial score (nSPS) is 16.1. The van der Waals surface area contributed by atoms with Gasteiger partial charge in [0.05, 0.1) is 11.6 Å². The molecule has 3 rings (SSSR count). The fraction of sp³-hybridized carbons (Fsp3) is 0.333. The van der Waals surface area contributed by atoms with E-state index in [4.69, 9.17) is 16.0 Å². The van der Waals surface area contributed by atoms with Crippen molar-refractivity contribution in [3.63, 3.8) is 0 Å². The summed E-state index contributed by atoms with van der Waals surface area (Å²) in [6.07, 6.45) is 2.59. The molecule has 1 saturated carbocycles. The van der Waals surface area contributed by atoms with Gasteiger partial charge in [-0.05, 0) is 31.0 Å². The highest BCUT2D eigenvalue weighted by Crippen LogP contribution is 2.27. The third kappa shape index (κ3) is 1.87. The highest BCUT2D eigenvalue weighted by molar-refractivity contribution is 6.35. The fourth-order valence-corrected chi connectivity index (χ4v) is 1.92. The van der Waals surface area contributed by atoms with E-state index >= 15 is 0 Å². The Kier molecular flexibility index (Phi) is 2.19. The van der Waals surface area contributed by atoms with Gasteiger partial charge in [-0.25, -0.2) is 0 Å². The number of nitrogens with one attached hydrogen (secondary N) is 1. The zero-order valence-electron chi connectivity index (χ0n) is 8.29. The Morgan fingerprint density at radius 3 is 3.00 bits per heavy atom. The molecule has 1 heterocycles. The second kappa shape index (κ2) is 3.54. The Bertz CT molecular complexity index is 487. The van der Waals surface area contributed by atoms with Gasteiger partial charge in [-0.2, -0.15) is 0 Å². The number of hydrogen-bond acceptors (Lipinski definition) is 2. The molecule has 3 heteroatoms. The van der Waals surface area contributed by atoms with E-state index < -0.39 is 0 Å². The van der Waals surface area contributed by atoms with Crippen LogP contribution in [0.1, 0.15) is 18.6 Å². The van der Waals surface area contributed by atoms with Gasteiger partial charge < -0.3 is 9.73 Å². The molecule has 0 bridgehead atoms. The van der Waals surface area contributed by atoms with E-state index in [-0.39, 0.29) is 0 Å². The van der Waals surface area contributed by atoms with Crippen LogP contribution in [0.2, 0.25) is 5.02 Å². The third-order valence-corrected chi connectivity index (χ3v) is 3.03. The molecule has 1 aliphatic rings. The van der Waals surface area contributed by atoms with Crippen LogP contribution in [0.4, 0.5) is 0 Å². The SMILES string of the molecule is Clc1cccc2oc(CNC3CC3)cc12. The van der Waals surface area contributed by atoms with Gasteiger partial charge in [0.15, 0.2) is 0 Å². The number of furan rings is 1. The minimum atomic E-state index is 0.702. The number of benzene rings is 1. The predicted molar refractivity (Wildman–Crippen MR) is 61.1 cm³/mol. The lowest BCUT2D eigenvalue weighted by atomic mass is 10.2. The third-order valence-electron chi connectivity index (χ3n) is 2.70. The standard InChI is InChI=1S/C12H12ClNO/c13-11-2-1-3-12-10(11)6-9(15-12)7-14-8-4-5-8/h1-3,6,8,14H,4-5,7H2. The molecule has 1 aromatic carbocycles. The first-order valence-electron chi connectivity index (χ1n) is 5.23. The van der Waals surface area contributed by atoms with Crippen LogP contribution in [0, 0.1) is 0 Å². The van der Waals surface area contributed by atoms with Crippen molar-refractivity contribution in [2.24, 2.45) is 0 Å². The molecule has 1 fully saturated rings. The van der Waals surface area contributed by atoms with E-state index in [9.17, 15) is 0 Å². The zero-order valence-corrected chi connectivity index (χ0v) is 9.05. The van der Waals surface area contributed by atoms with E-state index in [1.54, 1.807) is 0 Å². The van der Waals surface area contributed by atoms with Crippen LogP contribution in [-0.2, 0) is 6.54 Å². The summed E-state index contributed by atoms with van der Waals surface area (Å²) in [4.78, 5) is 0. The molecule has 1 N–H and O–H groups in total. The summed E-state index contributed by atoms with van der Waals surface area (Å²) in [7, 11) is 0. The van der Waals surface area contributed by atoms with Crippen molar-refractivity contribution in [3.05, 3.63) is 35.0 Å². The monoisotopic (exact) mass is 221 g/mol. The number of rotatable bonds is 3.